The van der Waals surface area contributed by atoms with Crippen LogP contribution in [-0.4, -0.2) is 43.4 Å². The monoisotopic (exact) mass is 490 g/mol. The molecule has 0 fully saturated rings. The summed E-state index contributed by atoms with van der Waals surface area (Å²) in [5.41, 5.74) is 2.99. The van der Waals surface area contributed by atoms with Crippen LogP contribution in [-0.2, 0) is 16.6 Å². The maximum atomic E-state index is 13.3. The van der Waals surface area contributed by atoms with Gasteiger partial charge >= 0.3 is 0 Å². The van der Waals surface area contributed by atoms with Gasteiger partial charge in [-0.05, 0) is 61.9 Å². The standard InChI is InChI=1S/C26H26N4O4S/c1-17-9-14-21(35(32,33)29-19-10-12-20(34-4)13-11-19)15-23(17)26(31)30(3)16-25-27-18(2)22-7-5-6-8-24(22)28-25/h5-15,29H,16H2,1-4H3. The molecule has 4 aromatic rings. The molecule has 9 heteroatoms. The highest BCUT2D eigenvalue weighted by Gasteiger charge is 2.21. The number of carbonyl (C=O) groups is 1. The van der Waals surface area contributed by atoms with Gasteiger partial charge in [-0.25, -0.2) is 18.4 Å². The minimum absolute atomic E-state index is 0.00605. The number of nitrogens with one attached hydrogen (secondary N) is 1. The van der Waals surface area contributed by atoms with E-state index < -0.39 is 10.0 Å². The Hall–Kier alpha value is -3.98. The van der Waals surface area contributed by atoms with Crippen molar-refractivity contribution < 1.29 is 17.9 Å². The highest BCUT2D eigenvalue weighted by Crippen LogP contribution is 2.22. The number of methoxy groups -OCH3 is 1. The second-order valence-electron chi connectivity index (χ2n) is 8.21. The average molecular weight is 491 g/mol. The van der Waals surface area contributed by atoms with Gasteiger partial charge in [0.15, 0.2) is 0 Å². The minimum atomic E-state index is -3.91. The van der Waals surface area contributed by atoms with Crippen molar-refractivity contribution in [3.8, 4) is 5.75 Å². The van der Waals surface area contributed by atoms with E-state index in [2.05, 4.69) is 14.7 Å². The Bertz CT molecular complexity index is 1500. The Morgan fingerprint density at radius 2 is 1.71 bits per heavy atom. The number of para-hydroxylation sites is 1. The van der Waals surface area contributed by atoms with E-state index in [1.807, 2.05) is 31.2 Å². The van der Waals surface area contributed by atoms with Gasteiger partial charge in [0.05, 0.1) is 24.1 Å². The number of fused-ring (bicyclic) bond motifs is 1. The second-order valence-corrected chi connectivity index (χ2v) is 9.90. The number of carbonyl (C=O) groups excluding carboxylic acids is 1. The topological polar surface area (TPSA) is 101 Å². The molecule has 0 aliphatic heterocycles. The number of benzene rings is 3. The summed E-state index contributed by atoms with van der Waals surface area (Å²) < 4.78 is 33.6. The molecule has 0 aliphatic rings. The third-order valence-corrected chi connectivity index (χ3v) is 7.04. The first kappa shape index (κ1) is 24.2. The molecule has 3 aromatic carbocycles. The van der Waals surface area contributed by atoms with E-state index in [1.54, 1.807) is 44.3 Å². The number of aryl methyl sites for hydroxylation is 2. The molecular formula is C26H26N4O4S. The molecule has 180 valence electrons. The van der Waals surface area contributed by atoms with Crippen LogP contribution in [0, 0.1) is 13.8 Å². The fraction of sp³-hybridized carbons (Fsp3) is 0.192. The molecule has 0 atom stereocenters. The van der Waals surface area contributed by atoms with Gasteiger partial charge in [0.2, 0.25) is 0 Å². The Morgan fingerprint density at radius 1 is 1.00 bits per heavy atom. The molecule has 4 rings (SSSR count). The smallest absolute Gasteiger partial charge is 0.261 e. The van der Waals surface area contributed by atoms with Crippen molar-refractivity contribution in [3.63, 3.8) is 0 Å². The molecular weight excluding hydrogens is 464 g/mol. The van der Waals surface area contributed by atoms with Crippen molar-refractivity contribution in [2.75, 3.05) is 18.9 Å². The van der Waals surface area contributed by atoms with Crippen LogP contribution in [0.2, 0.25) is 0 Å². The number of hydrogen-bond donors (Lipinski definition) is 1. The van der Waals surface area contributed by atoms with E-state index >= 15 is 0 Å². The average Bonchev–Trinajstić information content (AvgIpc) is 2.84. The summed E-state index contributed by atoms with van der Waals surface area (Å²) in [5, 5.41) is 0.961. The number of hydrogen-bond acceptors (Lipinski definition) is 6. The van der Waals surface area contributed by atoms with Crippen LogP contribution in [0.1, 0.15) is 27.4 Å². The van der Waals surface area contributed by atoms with Crippen molar-refractivity contribution in [2.45, 2.75) is 25.3 Å². The molecule has 0 unspecified atom stereocenters. The lowest BCUT2D eigenvalue weighted by molar-refractivity contribution is 0.0780. The van der Waals surface area contributed by atoms with Crippen molar-refractivity contribution in [3.05, 3.63) is 89.4 Å². The lowest BCUT2D eigenvalue weighted by Crippen LogP contribution is -2.28. The van der Waals surface area contributed by atoms with Crippen LogP contribution in [0.5, 0.6) is 5.75 Å². The summed E-state index contributed by atoms with van der Waals surface area (Å²) in [6.07, 6.45) is 0. The van der Waals surface area contributed by atoms with Gasteiger partial charge in [0.25, 0.3) is 15.9 Å². The summed E-state index contributed by atoms with van der Waals surface area (Å²) in [5.74, 6) is 0.808. The van der Waals surface area contributed by atoms with Gasteiger partial charge in [-0.1, -0.05) is 24.3 Å². The second kappa shape index (κ2) is 9.71. The zero-order valence-electron chi connectivity index (χ0n) is 19.9. The van der Waals surface area contributed by atoms with Gasteiger partial charge < -0.3 is 9.64 Å². The van der Waals surface area contributed by atoms with E-state index in [1.165, 1.54) is 24.1 Å². The molecule has 8 nitrogen and oxygen atoms in total. The lowest BCUT2D eigenvalue weighted by atomic mass is 10.1. The van der Waals surface area contributed by atoms with Gasteiger partial charge in [0.1, 0.15) is 11.6 Å². The first-order valence-electron chi connectivity index (χ1n) is 10.9. The van der Waals surface area contributed by atoms with Gasteiger partial charge in [0, 0.05) is 29.4 Å². The van der Waals surface area contributed by atoms with Crippen LogP contribution >= 0.6 is 0 Å². The van der Waals surface area contributed by atoms with E-state index in [-0.39, 0.29) is 17.3 Å². The largest absolute Gasteiger partial charge is 0.497 e. The number of ether oxygens (including phenoxy) is 1. The minimum Gasteiger partial charge on any atom is -0.497 e. The van der Waals surface area contributed by atoms with E-state index in [9.17, 15) is 13.2 Å². The molecule has 0 bridgehead atoms. The Labute approximate surface area is 204 Å². The molecule has 0 radical (unpaired) electrons. The summed E-state index contributed by atoms with van der Waals surface area (Å²) in [6.45, 7) is 3.86. The van der Waals surface area contributed by atoms with Gasteiger partial charge in [-0.2, -0.15) is 0 Å². The number of sulfonamides is 1. The van der Waals surface area contributed by atoms with Crippen LogP contribution in [0.3, 0.4) is 0 Å². The summed E-state index contributed by atoms with van der Waals surface area (Å²) in [7, 11) is -0.725. The zero-order valence-corrected chi connectivity index (χ0v) is 20.8. The molecule has 35 heavy (non-hydrogen) atoms. The maximum absolute atomic E-state index is 13.3. The molecule has 0 saturated heterocycles. The van der Waals surface area contributed by atoms with Crippen LogP contribution in [0.25, 0.3) is 10.9 Å². The Morgan fingerprint density at radius 3 is 2.43 bits per heavy atom. The highest BCUT2D eigenvalue weighted by molar-refractivity contribution is 7.92. The molecule has 1 amide bonds. The third-order valence-electron chi connectivity index (χ3n) is 5.66. The van der Waals surface area contributed by atoms with Crippen LogP contribution < -0.4 is 9.46 Å². The molecule has 1 N–H and O–H groups in total. The number of anilines is 1. The molecule has 1 heterocycles. The molecule has 0 aliphatic carbocycles. The number of nitrogens with zero attached hydrogens (tertiary/aromatic N) is 3. The fourth-order valence-electron chi connectivity index (χ4n) is 3.73. The first-order chi connectivity index (χ1) is 16.7. The number of amides is 1. The molecule has 1 aromatic heterocycles. The summed E-state index contributed by atoms with van der Waals surface area (Å²) >= 11 is 0. The van der Waals surface area contributed by atoms with Crippen molar-refractivity contribution in [1.29, 1.82) is 0 Å². The zero-order chi connectivity index (χ0) is 25.2. The highest BCUT2D eigenvalue weighted by atomic mass is 32.2. The van der Waals surface area contributed by atoms with E-state index in [0.717, 1.165) is 16.6 Å². The van der Waals surface area contributed by atoms with Crippen LogP contribution in [0.4, 0.5) is 5.69 Å². The Balaban J connectivity index is 1.57. The van der Waals surface area contributed by atoms with Crippen LogP contribution in [0.15, 0.2) is 71.6 Å². The van der Waals surface area contributed by atoms with Crippen molar-refractivity contribution in [2.24, 2.45) is 0 Å². The van der Waals surface area contributed by atoms with E-state index in [4.69, 9.17) is 4.74 Å². The Kier molecular flexibility index (Phi) is 6.70. The predicted molar refractivity (Wildman–Crippen MR) is 135 cm³/mol. The fourth-order valence-corrected chi connectivity index (χ4v) is 4.81. The van der Waals surface area contributed by atoms with Crippen molar-refractivity contribution in [1.82, 2.24) is 14.9 Å². The number of rotatable bonds is 7. The van der Waals surface area contributed by atoms with Gasteiger partial charge in [-0.3, -0.25) is 9.52 Å². The van der Waals surface area contributed by atoms with E-state index in [0.29, 0.717) is 28.4 Å². The maximum Gasteiger partial charge on any atom is 0.261 e. The number of aromatic nitrogens is 2. The molecule has 0 saturated carbocycles. The first-order valence-corrected chi connectivity index (χ1v) is 12.4. The third kappa shape index (κ3) is 5.25. The van der Waals surface area contributed by atoms with Crippen molar-refractivity contribution >= 4 is 32.5 Å². The summed E-state index contributed by atoms with van der Waals surface area (Å²) in [4.78, 5) is 23.9. The predicted octanol–water partition coefficient (Wildman–Crippen LogP) is 4.33. The molecule has 0 spiro atoms. The lowest BCUT2D eigenvalue weighted by Gasteiger charge is -2.19. The SMILES string of the molecule is COc1ccc(NS(=O)(=O)c2ccc(C)c(C(=O)N(C)Cc3nc(C)c4ccccc4n3)c2)cc1. The quantitative estimate of drug-likeness (QED) is 0.414. The summed E-state index contributed by atoms with van der Waals surface area (Å²) in [6, 6.07) is 18.7. The van der Waals surface area contributed by atoms with Gasteiger partial charge in [-0.15, -0.1) is 0 Å². The normalized spacial score (nSPS) is 11.3.